The Morgan fingerprint density at radius 2 is 2.17 bits per heavy atom. The van der Waals surface area contributed by atoms with E-state index in [0.29, 0.717) is 6.61 Å². The van der Waals surface area contributed by atoms with Crippen LogP contribution in [0.5, 0.6) is 5.75 Å². The van der Waals surface area contributed by atoms with Crippen molar-refractivity contribution in [2.24, 2.45) is 0 Å². The van der Waals surface area contributed by atoms with Crippen molar-refractivity contribution < 1.29 is 4.74 Å². The van der Waals surface area contributed by atoms with Crippen molar-refractivity contribution >= 4 is 26.0 Å². The number of nitrogens with zero attached hydrogens (tertiary/aromatic N) is 2. The van der Waals surface area contributed by atoms with E-state index in [1.54, 1.807) is 0 Å². The van der Waals surface area contributed by atoms with Crippen molar-refractivity contribution in [1.82, 2.24) is 7.96 Å². The van der Waals surface area contributed by atoms with E-state index in [-0.39, 0.29) is 15.0 Å². The van der Waals surface area contributed by atoms with E-state index in [0.717, 1.165) is 16.8 Å². The predicted octanol–water partition coefficient (Wildman–Crippen LogP) is 1.09. The van der Waals surface area contributed by atoms with E-state index in [1.165, 1.54) is 0 Å². The average molecular weight is 227 g/mol. The standard InChI is InChI=1S/C8H8N2OSe/c1-2-11-6-3-4-7-8(5-6)10-12-9-7/h3-5H,2H2,1H3. The Hall–Kier alpha value is -0.861. The number of benzene rings is 1. The second-order valence-electron chi connectivity index (χ2n) is 2.35. The quantitative estimate of drug-likeness (QED) is 0.720. The number of hydrogen-bond acceptors (Lipinski definition) is 3. The molecule has 12 heavy (non-hydrogen) atoms. The normalized spacial score (nSPS) is 10.4. The monoisotopic (exact) mass is 228 g/mol. The summed E-state index contributed by atoms with van der Waals surface area (Å²) in [6.07, 6.45) is 0. The summed E-state index contributed by atoms with van der Waals surface area (Å²) in [7, 11) is 0. The zero-order chi connectivity index (χ0) is 8.39. The SMILES string of the molecule is CCOc1ccc2n[se]nc2c1. The first-order valence-corrected chi connectivity index (χ1v) is 5.28. The average Bonchev–Trinajstić information content (AvgIpc) is 2.51. The Morgan fingerprint density at radius 3 is 3.00 bits per heavy atom. The molecular weight excluding hydrogens is 219 g/mol. The second kappa shape index (κ2) is 3.25. The number of rotatable bonds is 2. The summed E-state index contributed by atoms with van der Waals surface area (Å²) >= 11 is 0.0627. The van der Waals surface area contributed by atoms with Gasteiger partial charge in [-0.25, -0.2) is 0 Å². The maximum absolute atomic E-state index is 5.34. The summed E-state index contributed by atoms with van der Waals surface area (Å²) in [6, 6.07) is 5.83. The van der Waals surface area contributed by atoms with Gasteiger partial charge in [0.1, 0.15) is 0 Å². The molecule has 4 heteroatoms. The third kappa shape index (κ3) is 1.35. The van der Waals surface area contributed by atoms with Gasteiger partial charge in [0.15, 0.2) is 0 Å². The van der Waals surface area contributed by atoms with E-state index < -0.39 is 0 Å². The van der Waals surface area contributed by atoms with Crippen LogP contribution in [0.2, 0.25) is 0 Å². The number of fused-ring (bicyclic) bond motifs is 1. The van der Waals surface area contributed by atoms with E-state index in [4.69, 9.17) is 4.74 Å². The molecule has 0 saturated carbocycles. The topological polar surface area (TPSA) is 35.0 Å². The van der Waals surface area contributed by atoms with Gasteiger partial charge in [0.25, 0.3) is 0 Å². The van der Waals surface area contributed by atoms with Crippen molar-refractivity contribution in [3.05, 3.63) is 18.2 Å². The first kappa shape index (κ1) is 7.77. The molecule has 3 nitrogen and oxygen atoms in total. The first-order chi connectivity index (χ1) is 5.90. The van der Waals surface area contributed by atoms with Crippen LogP contribution in [-0.2, 0) is 0 Å². The van der Waals surface area contributed by atoms with Gasteiger partial charge >= 0.3 is 76.2 Å². The van der Waals surface area contributed by atoms with Gasteiger partial charge < -0.3 is 0 Å². The summed E-state index contributed by atoms with van der Waals surface area (Å²) < 4.78 is 13.8. The summed E-state index contributed by atoms with van der Waals surface area (Å²) in [6.45, 7) is 2.67. The molecule has 0 amide bonds. The molecule has 0 aliphatic carbocycles. The molecule has 1 aromatic heterocycles. The van der Waals surface area contributed by atoms with Crippen LogP contribution in [0, 0.1) is 0 Å². The summed E-state index contributed by atoms with van der Waals surface area (Å²) in [4.78, 5) is 0. The van der Waals surface area contributed by atoms with Crippen LogP contribution in [0.1, 0.15) is 6.92 Å². The molecule has 1 heterocycles. The maximum atomic E-state index is 5.34. The number of aromatic nitrogens is 2. The van der Waals surface area contributed by atoms with Crippen LogP contribution >= 0.6 is 0 Å². The zero-order valence-corrected chi connectivity index (χ0v) is 8.36. The van der Waals surface area contributed by atoms with Crippen LogP contribution in [0.25, 0.3) is 11.0 Å². The van der Waals surface area contributed by atoms with Gasteiger partial charge in [-0.3, -0.25) is 0 Å². The van der Waals surface area contributed by atoms with Gasteiger partial charge in [0, 0.05) is 0 Å². The van der Waals surface area contributed by atoms with Gasteiger partial charge in [-0.05, 0) is 0 Å². The molecule has 2 aromatic rings. The van der Waals surface area contributed by atoms with Crippen molar-refractivity contribution in [3.63, 3.8) is 0 Å². The Kier molecular flexibility index (Phi) is 2.11. The van der Waals surface area contributed by atoms with Crippen LogP contribution in [0.4, 0.5) is 0 Å². The minimum absolute atomic E-state index is 0.0627. The molecule has 0 radical (unpaired) electrons. The third-order valence-corrected chi connectivity index (χ3v) is 2.70. The van der Waals surface area contributed by atoms with Crippen LogP contribution in [0.3, 0.4) is 0 Å². The fourth-order valence-corrected chi connectivity index (χ4v) is 2.10. The molecule has 0 aliphatic heterocycles. The molecule has 62 valence electrons. The van der Waals surface area contributed by atoms with Gasteiger partial charge in [-0.2, -0.15) is 0 Å². The molecule has 0 saturated heterocycles. The minimum atomic E-state index is 0.0627. The van der Waals surface area contributed by atoms with E-state index in [1.807, 2.05) is 25.1 Å². The molecule has 0 bridgehead atoms. The molecule has 0 unspecified atom stereocenters. The van der Waals surface area contributed by atoms with Gasteiger partial charge in [-0.15, -0.1) is 0 Å². The number of ether oxygens (including phenoxy) is 1. The Balaban J connectivity index is 2.46. The fraction of sp³-hybridized carbons (Fsp3) is 0.250. The number of hydrogen-bond donors (Lipinski definition) is 0. The van der Waals surface area contributed by atoms with Crippen molar-refractivity contribution in [2.45, 2.75) is 6.92 Å². The molecule has 2 rings (SSSR count). The predicted molar refractivity (Wildman–Crippen MR) is 47.6 cm³/mol. The van der Waals surface area contributed by atoms with Crippen LogP contribution in [0.15, 0.2) is 18.2 Å². The van der Waals surface area contributed by atoms with Gasteiger partial charge in [-0.1, -0.05) is 0 Å². The summed E-state index contributed by atoms with van der Waals surface area (Å²) in [5, 5.41) is 0. The zero-order valence-electron chi connectivity index (χ0n) is 6.65. The van der Waals surface area contributed by atoms with Crippen molar-refractivity contribution in [1.29, 1.82) is 0 Å². The molecular formula is C8H8N2OSe. The molecule has 0 aliphatic rings. The van der Waals surface area contributed by atoms with Crippen molar-refractivity contribution in [3.8, 4) is 5.75 Å². The molecule has 0 atom stereocenters. The molecule has 1 aromatic carbocycles. The fourth-order valence-electron chi connectivity index (χ4n) is 1.02. The Labute approximate surface area is 76.6 Å². The Bertz CT molecular complexity index is 385. The van der Waals surface area contributed by atoms with Crippen LogP contribution in [-0.4, -0.2) is 29.5 Å². The second-order valence-corrected chi connectivity index (χ2v) is 3.46. The van der Waals surface area contributed by atoms with Gasteiger partial charge in [0.05, 0.1) is 0 Å². The first-order valence-electron chi connectivity index (χ1n) is 3.75. The molecule has 0 spiro atoms. The molecule has 0 fully saturated rings. The Morgan fingerprint density at radius 1 is 1.33 bits per heavy atom. The van der Waals surface area contributed by atoms with E-state index in [2.05, 4.69) is 7.96 Å². The van der Waals surface area contributed by atoms with E-state index >= 15 is 0 Å². The van der Waals surface area contributed by atoms with E-state index in [9.17, 15) is 0 Å². The summed E-state index contributed by atoms with van der Waals surface area (Å²) in [5.41, 5.74) is 1.97. The molecule has 0 N–H and O–H groups in total. The summed E-state index contributed by atoms with van der Waals surface area (Å²) in [5.74, 6) is 0.882. The van der Waals surface area contributed by atoms with Crippen LogP contribution < -0.4 is 4.74 Å². The third-order valence-electron chi connectivity index (χ3n) is 1.54. The van der Waals surface area contributed by atoms with Crippen molar-refractivity contribution in [2.75, 3.05) is 6.61 Å². The van der Waals surface area contributed by atoms with Gasteiger partial charge in [0.2, 0.25) is 0 Å².